The summed E-state index contributed by atoms with van der Waals surface area (Å²) < 4.78 is 16.9. The number of esters is 2. The largest absolute Gasteiger partial charge is 0.465 e. The first-order chi connectivity index (χ1) is 12.7. The highest BCUT2D eigenvalue weighted by molar-refractivity contribution is 5.69. The van der Waals surface area contributed by atoms with E-state index in [1.54, 1.807) is 12.1 Å². The Labute approximate surface area is 160 Å². The summed E-state index contributed by atoms with van der Waals surface area (Å²) in [4.78, 5) is 22.5. The molecule has 3 rings (SSSR count). The Bertz CT molecular complexity index is 750. The molecule has 0 amide bonds. The maximum atomic E-state index is 11.4. The number of hydrogen-bond donors (Lipinski definition) is 0. The van der Waals surface area contributed by atoms with Gasteiger partial charge in [0, 0.05) is 25.2 Å². The van der Waals surface area contributed by atoms with Crippen LogP contribution in [0.2, 0.25) is 0 Å². The van der Waals surface area contributed by atoms with Crippen LogP contribution in [0.5, 0.6) is 5.75 Å². The Balaban J connectivity index is 1.88. The van der Waals surface area contributed by atoms with Crippen molar-refractivity contribution in [2.45, 2.75) is 40.7 Å². The zero-order valence-corrected chi connectivity index (χ0v) is 16.7. The highest BCUT2D eigenvalue weighted by atomic mass is 16.5. The summed E-state index contributed by atoms with van der Waals surface area (Å²) in [5.41, 5.74) is 2.16. The van der Waals surface area contributed by atoms with Gasteiger partial charge in [-0.25, -0.2) is 0 Å². The van der Waals surface area contributed by atoms with Gasteiger partial charge in [-0.1, -0.05) is 37.6 Å². The molecule has 1 aliphatic heterocycles. The molecule has 2 aliphatic rings. The minimum Gasteiger partial charge on any atom is -0.465 e. The molecular weight excluding hydrogens is 344 g/mol. The van der Waals surface area contributed by atoms with E-state index in [1.165, 1.54) is 19.4 Å². The van der Waals surface area contributed by atoms with E-state index in [0.29, 0.717) is 24.9 Å². The Hall–Kier alpha value is -2.14. The van der Waals surface area contributed by atoms with Crippen LogP contribution in [0, 0.1) is 23.2 Å². The molecule has 0 aromatic heterocycles. The maximum Gasteiger partial charge on any atom is 0.308 e. The van der Waals surface area contributed by atoms with Crippen LogP contribution >= 0.6 is 0 Å². The highest BCUT2D eigenvalue weighted by Crippen LogP contribution is 2.56. The van der Waals surface area contributed by atoms with Gasteiger partial charge >= 0.3 is 11.9 Å². The zero-order valence-electron chi connectivity index (χ0n) is 16.7. The van der Waals surface area contributed by atoms with E-state index in [9.17, 15) is 9.59 Å². The van der Waals surface area contributed by atoms with Crippen LogP contribution in [0.25, 0.3) is 0 Å². The molecule has 0 spiro atoms. The van der Waals surface area contributed by atoms with Gasteiger partial charge in [0.1, 0.15) is 5.75 Å². The summed E-state index contributed by atoms with van der Waals surface area (Å²) in [7, 11) is 0. The molecular formula is C22H28O5. The summed E-state index contributed by atoms with van der Waals surface area (Å²) in [5, 5.41) is 0. The number of rotatable bonds is 4. The molecule has 2 bridgehead atoms. The Morgan fingerprint density at radius 1 is 1.15 bits per heavy atom. The first kappa shape index (κ1) is 19.6. The summed E-state index contributed by atoms with van der Waals surface area (Å²) in [6.07, 6.45) is 2.23. The first-order valence-electron chi connectivity index (χ1n) is 9.46. The number of carbonyl (C=O) groups excluding carboxylic acids is 2. The second-order valence-electron chi connectivity index (χ2n) is 7.92. The van der Waals surface area contributed by atoms with Crippen molar-refractivity contribution in [3.05, 3.63) is 41.5 Å². The maximum absolute atomic E-state index is 11.4. The van der Waals surface area contributed by atoms with Crippen LogP contribution in [-0.2, 0) is 19.1 Å². The second kappa shape index (κ2) is 7.47. The molecule has 3 unspecified atom stereocenters. The average molecular weight is 372 g/mol. The lowest BCUT2D eigenvalue weighted by Crippen LogP contribution is -2.54. The standard InChI is InChI=1S/C22H28O5/c1-13-10-14(2)22(11-25-16(4)23)12-26-21(20(13)15(22)3)18-6-8-19(9-7-18)27-17(5)24/h6-10,14-15,20-21H,11-12H2,1-5H3/t14?,15?,20-,21?,22-/m0/s1. The van der Waals surface area contributed by atoms with E-state index in [4.69, 9.17) is 14.2 Å². The molecule has 146 valence electrons. The van der Waals surface area contributed by atoms with Gasteiger partial charge in [0.05, 0.1) is 19.3 Å². The number of fused-ring (bicyclic) bond motifs is 2. The zero-order chi connectivity index (χ0) is 19.8. The molecule has 5 nitrogen and oxygen atoms in total. The summed E-state index contributed by atoms with van der Waals surface area (Å²) in [6.45, 7) is 10.3. The monoisotopic (exact) mass is 372 g/mol. The van der Waals surface area contributed by atoms with Crippen LogP contribution in [0.15, 0.2) is 35.9 Å². The molecule has 1 heterocycles. The Morgan fingerprint density at radius 2 is 1.81 bits per heavy atom. The number of ether oxygens (including phenoxy) is 3. The van der Waals surface area contributed by atoms with E-state index < -0.39 is 0 Å². The van der Waals surface area contributed by atoms with Crippen LogP contribution < -0.4 is 4.74 Å². The van der Waals surface area contributed by atoms with Gasteiger partial charge < -0.3 is 14.2 Å². The minimum absolute atomic E-state index is 0.0689. The molecule has 5 heteroatoms. The number of hydrogen-bond acceptors (Lipinski definition) is 5. The molecule has 5 atom stereocenters. The lowest BCUT2D eigenvalue weighted by Gasteiger charge is -2.55. The third kappa shape index (κ3) is 3.65. The van der Waals surface area contributed by atoms with Crippen LogP contribution in [0.1, 0.15) is 46.3 Å². The third-order valence-electron chi connectivity index (χ3n) is 6.26. The van der Waals surface area contributed by atoms with E-state index >= 15 is 0 Å². The molecule has 27 heavy (non-hydrogen) atoms. The third-order valence-corrected chi connectivity index (χ3v) is 6.26. The number of allylic oxidation sites excluding steroid dienone is 1. The van der Waals surface area contributed by atoms with Crippen molar-refractivity contribution < 1.29 is 23.8 Å². The Kier molecular flexibility index (Phi) is 5.43. The van der Waals surface area contributed by atoms with Crippen molar-refractivity contribution in [3.8, 4) is 5.75 Å². The predicted molar refractivity (Wildman–Crippen MR) is 101 cm³/mol. The lowest BCUT2D eigenvalue weighted by molar-refractivity contribution is -0.180. The summed E-state index contributed by atoms with van der Waals surface area (Å²) >= 11 is 0. The van der Waals surface area contributed by atoms with Crippen molar-refractivity contribution in [1.29, 1.82) is 0 Å². The normalized spacial score (nSPS) is 32.4. The highest BCUT2D eigenvalue weighted by Gasteiger charge is 2.54. The molecule has 1 aliphatic carbocycles. The van der Waals surface area contributed by atoms with Crippen LogP contribution in [0.4, 0.5) is 0 Å². The number of carbonyl (C=O) groups is 2. The van der Waals surface area contributed by atoms with Crippen molar-refractivity contribution >= 4 is 11.9 Å². The molecule has 1 fully saturated rings. The summed E-state index contributed by atoms with van der Waals surface area (Å²) in [5.74, 6) is 0.739. The van der Waals surface area contributed by atoms with E-state index in [-0.39, 0.29) is 35.3 Å². The quantitative estimate of drug-likeness (QED) is 0.453. The smallest absolute Gasteiger partial charge is 0.308 e. The van der Waals surface area contributed by atoms with E-state index in [1.807, 2.05) is 12.1 Å². The van der Waals surface area contributed by atoms with Crippen molar-refractivity contribution in [2.75, 3.05) is 13.2 Å². The van der Waals surface area contributed by atoms with E-state index in [2.05, 4.69) is 26.8 Å². The van der Waals surface area contributed by atoms with Crippen molar-refractivity contribution in [1.82, 2.24) is 0 Å². The molecule has 1 aromatic rings. The topological polar surface area (TPSA) is 61.8 Å². The van der Waals surface area contributed by atoms with Gasteiger partial charge in [-0.15, -0.1) is 0 Å². The van der Waals surface area contributed by atoms with Crippen molar-refractivity contribution in [3.63, 3.8) is 0 Å². The Morgan fingerprint density at radius 3 is 2.41 bits per heavy atom. The van der Waals surface area contributed by atoms with Gasteiger partial charge in [-0.05, 0) is 36.5 Å². The fourth-order valence-corrected chi connectivity index (χ4v) is 4.69. The molecule has 1 saturated heterocycles. The minimum atomic E-state index is -0.333. The van der Waals surface area contributed by atoms with Crippen LogP contribution in [0.3, 0.4) is 0 Å². The fraction of sp³-hybridized carbons (Fsp3) is 0.545. The van der Waals surface area contributed by atoms with E-state index in [0.717, 1.165) is 5.56 Å². The SMILES string of the molecule is CC(=O)OC[C@]12COC(c3ccc(OC(C)=O)cc3)[C@@H](C(C)=CC1C)C2C. The van der Waals surface area contributed by atoms with Gasteiger partial charge in [0.2, 0.25) is 0 Å². The molecule has 0 N–H and O–H groups in total. The fourth-order valence-electron chi connectivity index (χ4n) is 4.69. The van der Waals surface area contributed by atoms with Gasteiger partial charge in [-0.2, -0.15) is 0 Å². The molecule has 1 aromatic carbocycles. The average Bonchev–Trinajstić information content (AvgIpc) is 2.59. The van der Waals surface area contributed by atoms with Gasteiger partial charge in [-0.3, -0.25) is 9.59 Å². The molecule has 0 saturated carbocycles. The van der Waals surface area contributed by atoms with Crippen molar-refractivity contribution in [2.24, 2.45) is 23.2 Å². The second-order valence-corrected chi connectivity index (χ2v) is 7.92. The predicted octanol–water partition coefficient (Wildman–Crippen LogP) is 4.08. The first-order valence-corrected chi connectivity index (χ1v) is 9.46. The van der Waals surface area contributed by atoms with Gasteiger partial charge in [0.15, 0.2) is 0 Å². The summed E-state index contributed by atoms with van der Waals surface area (Å²) in [6, 6.07) is 7.52. The number of benzene rings is 1. The lowest BCUT2D eigenvalue weighted by atomic mass is 9.56. The van der Waals surface area contributed by atoms with Gasteiger partial charge in [0.25, 0.3) is 0 Å². The molecule has 0 radical (unpaired) electrons. The van der Waals surface area contributed by atoms with Crippen LogP contribution in [-0.4, -0.2) is 25.2 Å².